The predicted molar refractivity (Wildman–Crippen MR) is 99.1 cm³/mol. The van der Waals surface area contributed by atoms with E-state index in [0.29, 0.717) is 33.7 Å². The lowest BCUT2D eigenvalue weighted by molar-refractivity contribution is 0.0600. The lowest BCUT2D eigenvalue weighted by Gasteiger charge is -2.12. The number of methoxy groups -OCH3 is 2. The third-order valence-electron chi connectivity index (χ3n) is 3.72. The van der Waals surface area contributed by atoms with Crippen LogP contribution in [0.1, 0.15) is 10.4 Å². The van der Waals surface area contributed by atoms with Gasteiger partial charge in [-0.15, -0.1) is 0 Å². The van der Waals surface area contributed by atoms with E-state index in [0.717, 1.165) is 5.56 Å². The van der Waals surface area contributed by atoms with E-state index in [1.807, 2.05) is 30.1 Å². The van der Waals surface area contributed by atoms with E-state index in [-0.39, 0.29) is 0 Å². The van der Waals surface area contributed by atoms with Gasteiger partial charge in [-0.05, 0) is 24.3 Å². The molecule has 0 unspecified atom stereocenters. The minimum atomic E-state index is -0.441. The van der Waals surface area contributed by atoms with Gasteiger partial charge in [-0.25, -0.2) is 14.8 Å². The van der Waals surface area contributed by atoms with Crippen LogP contribution in [0.5, 0.6) is 5.75 Å². The van der Waals surface area contributed by atoms with Crippen molar-refractivity contribution in [3.63, 3.8) is 0 Å². The fourth-order valence-corrected chi connectivity index (χ4v) is 2.63. The Morgan fingerprint density at radius 3 is 2.73 bits per heavy atom. The first-order valence-electron chi connectivity index (χ1n) is 7.70. The van der Waals surface area contributed by atoms with Crippen LogP contribution in [0.4, 0.5) is 11.6 Å². The summed E-state index contributed by atoms with van der Waals surface area (Å²) in [5, 5.41) is 3.54. The smallest absolute Gasteiger partial charge is 0.337 e. The van der Waals surface area contributed by atoms with E-state index in [9.17, 15) is 4.79 Å². The molecule has 0 saturated heterocycles. The van der Waals surface area contributed by atoms with Crippen molar-refractivity contribution in [3.8, 4) is 17.0 Å². The Bertz CT molecular complexity index is 955. The van der Waals surface area contributed by atoms with E-state index in [4.69, 9.17) is 21.1 Å². The molecule has 2 aromatic heterocycles. The number of aryl methyl sites for hydroxylation is 1. The quantitative estimate of drug-likeness (QED) is 0.688. The first kappa shape index (κ1) is 17.8. The fraction of sp³-hybridized carbons (Fsp3) is 0.167. The average Bonchev–Trinajstić information content (AvgIpc) is 3.09. The van der Waals surface area contributed by atoms with E-state index in [1.165, 1.54) is 20.4 Å². The van der Waals surface area contributed by atoms with Crippen LogP contribution < -0.4 is 10.1 Å². The zero-order chi connectivity index (χ0) is 18.7. The first-order valence-corrected chi connectivity index (χ1v) is 8.08. The summed E-state index contributed by atoms with van der Waals surface area (Å²) in [7, 11) is 4.76. The molecule has 8 heteroatoms. The molecular formula is C18H17ClN4O3. The van der Waals surface area contributed by atoms with Crippen LogP contribution in [0, 0.1) is 0 Å². The maximum absolute atomic E-state index is 11.7. The predicted octanol–water partition coefficient (Wildman–Crippen LogP) is 3.67. The fourth-order valence-electron chi connectivity index (χ4n) is 2.43. The molecule has 3 rings (SSSR count). The van der Waals surface area contributed by atoms with Crippen molar-refractivity contribution in [1.29, 1.82) is 0 Å². The Morgan fingerprint density at radius 1 is 1.27 bits per heavy atom. The maximum atomic E-state index is 11.7. The highest BCUT2D eigenvalue weighted by Gasteiger charge is 2.13. The van der Waals surface area contributed by atoms with E-state index >= 15 is 0 Å². The number of benzene rings is 1. The summed E-state index contributed by atoms with van der Waals surface area (Å²) in [6.45, 7) is 0. The molecule has 0 aliphatic carbocycles. The van der Waals surface area contributed by atoms with Crippen LogP contribution in [-0.2, 0) is 11.8 Å². The summed E-state index contributed by atoms with van der Waals surface area (Å²) in [4.78, 5) is 20.3. The third-order valence-corrected chi connectivity index (χ3v) is 4.00. The number of halogens is 1. The highest BCUT2D eigenvalue weighted by Crippen LogP contribution is 2.30. The van der Waals surface area contributed by atoms with Crippen molar-refractivity contribution in [2.24, 2.45) is 7.05 Å². The van der Waals surface area contributed by atoms with Crippen molar-refractivity contribution in [2.75, 3.05) is 19.5 Å². The second-order valence-electron chi connectivity index (χ2n) is 5.49. The van der Waals surface area contributed by atoms with Crippen molar-refractivity contribution in [2.45, 2.75) is 0 Å². The number of nitrogens with one attached hydrogen (secondary N) is 1. The van der Waals surface area contributed by atoms with Crippen molar-refractivity contribution < 1.29 is 14.3 Å². The van der Waals surface area contributed by atoms with Gasteiger partial charge in [0.1, 0.15) is 5.75 Å². The number of ether oxygens (including phenoxy) is 2. The number of hydrogen-bond acceptors (Lipinski definition) is 6. The van der Waals surface area contributed by atoms with Crippen LogP contribution in [0.2, 0.25) is 5.02 Å². The minimum absolute atomic E-state index is 0.359. The van der Waals surface area contributed by atoms with Gasteiger partial charge in [0.05, 0.1) is 42.4 Å². The molecule has 26 heavy (non-hydrogen) atoms. The van der Waals surface area contributed by atoms with Crippen LogP contribution in [0.3, 0.4) is 0 Å². The number of carbonyl (C=O) groups is 1. The molecule has 2 heterocycles. The molecule has 0 atom stereocenters. The van der Waals surface area contributed by atoms with Crippen molar-refractivity contribution in [1.82, 2.24) is 14.5 Å². The molecule has 1 N–H and O–H groups in total. The SMILES string of the molecule is COC(=O)c1ccc(Nc2ncc(Cl)c(-c3ccn(C)c3)n2)c(OC)c1. The molecule has 0 saturated carbocycles. The normalized spacial score (nSPS) is 10.5. The molecule has 0 bridgehead atoms. The number of rotatable bonds is 5. The average molecular weight is 373 g/mol. The van der Waals surface area contributed by atoms with Crippen LogP contribution in [0.15, 0.2) is 42.9 Å². The van der Waals surface area contributed by atoms with Gasteiger partial charge in [0, 0.05) is 25.0 Å². The van der Waals surface area contributed by atoms with Gasteiger partial charge in [0.25, 0.3) is 0 Å². The Labute approximate surface area is 155 Å². The number of hydrogen-bond donors (Lipinski definition) is 1. The number of esters is 1. The van der Waals surface area contributed by atoms with Gasteiger partial charge < -0.3 is 19.4 Å². The maximum Gasteiger partial charge on any atom is 0.337 e. The number of anilines is 2. The van der Waals surface area contributed by atoms with Gasteiger partial charge >= 0.3 is 5.97 Å². The monoisotopic (exact) mass is 372 g/mol. The Kier molecular flexibility index (Phi) is 5.09. The standard InChI is InChI=1S/C18H17ClN4O3/c1-23-7-6-12(10-23)16-13(19)9-20-18(22-16)21-14-5-4-11(17(24)26-3)8-15(14)25-2/h4-10H,1-3H3,(H,20,21,22). The number of carbonyl (C=O) groups excluding carboxylic acids is 1. The molecule has 0 aliphatic rings. The molecule has 0 spiro atoms. The first-order chi connectivity index (χ1) is 12.5. The highest BCUT2D eigenvalue weighted by atomic mass is 35.5. The zero-order valence-electron chi connectivity index (χ0n) is 14.5. The summed E-state index contributed by atoms with van der Waals surface area (Å²) < 4.78 is 12.0. The third kappa shape index (κ3) is 3.62. The zero-order valence-corrected chi connectivity index (χ0v) is 15.2. The number of nitrogens with zero attached hydrogens (tertiary/aromatic N) is 3. The van der Waals surface area contributed by atoms with E-state index in [1.54, 1.807) is 18.2 Å². The summed E-state index contributed by atoms with van der Waals surface area (Å²) in [6, 6.07) is 6.84. The molecular weight excluding hydrogens is 356 g/mol. The van der Waals surface area contributed by atoms with Gasteiger partial charge in [0.2, 0.25) is 5.95 Å². The molecule has 7 nitrogen and oxygen atoms in total. The Balaban J connectivity index is 1.93. The van der Waals surface area contributed by atoms with Gasteiger partial charge in [0.15, 0.2) is 0 Å². The lowest BCUT2D eigenvalue weighted by atomic mass is 10.2. The molecule has 134 valence electrons. The van der Waals surface area contributed by atoms with Crippen LogP contribution in [0.25, 0.3) is 11.3 Å². The summed E-state index contributed by atoms with van der Waals surface area (Å²) in [5.41, 5.74) is 2.50. The van der Waals surface area contributed by atoms with Crippen molar-refractivity contribution in [3.05, 3.63) is 53.4 Å². The summed E-state index contributed by atoms with van der Waals surface area (Å²) >= 11 is 6.24. The summed E-state index contributed by atoms with van der Waals surface area (Å²) in [5.74, 6) is 0.383. The highest BCUT2D eigenvalue weighted by molar-refractivity contribution is 6.32. The Morgan fingerprint density at radius 2 is 2.08 bits per heavy atom. The van der Waals surface area contributed by atoms with E-state index in [2.05, 4.69) is 15.3 Å². The minimum Gasteiger partial charge on any atom is -0.495 e. The number of aromatic nitrogens is 3. The van der Waals surface area contributed by atoms with E-state index < -0.39 is 5.97 Å². The molecule has 1 aromatic carbocycles. The van der Waals surface area contributed by atoms with Crippen LogP contribution in [-0.4, -0.2) is 34.7 Å². The largest absolute Gasteiger partial charge is 0.495 e. The molecule has 0 fully saturated rings. The molecule has 0 amide bonds. The summed E-state index contributed by atoms with van der Waals surface area (Å²) in [6.07, 6.45) is 5.37. The molecule has 3 aromatic rings. The second kappa shape index (κ2) is 7.45. The topological polar surface area (TPSA) is 78.3 Å². The van der Waals surface area contributed by atoms with Gasteiger partial charge in [-0.2, -0.15) is 0 Å². The molecule has 0 aliphatic heterocycles. The van der Waals surface area contributed by atoms with Crippen LogP contribution >= 0.6 is 11.6 Å². The van der Waals surface area contributed by atoms with Gasteiger partial charge in [-0.3, -0.25) is 0 Å². The van der Waals surface area contributed by atoms with Crippen molar-refractivity contribution >= 4 is 29.2 Å². The lowest BCUT2D eigenvalue weighted by Crippen LogP contribution is -2.04. The Hall–Kier alpha value is -3.06. The molecule has 0 radical (unpaired) electrons. The second-order valence-corrected chi connectivity index (χ2v) is 5.89. The van der Waals surface area contributed by atoms with Gasteiger partial charge in [-0.1, -0.05) is 11.6 Å².